The Bertz CT molecular complexity index is 3510. The van der Waals surface area contributed by atoms with Gasteiger partial charge >= 0.3 is 5.97 Å². The van der Waals surface area contributed by atoms with Gasteiger partial charge in [0.25, 0.3) is 5.91 Å². The number of ether oxygens (including phenoxy) is 4. The van der Waals surface area contributed by atoms with Gasteiger partial charge in [-0.15, -0.1) is 0 Å². The monoisotopic (exact) mass is 1340 g/mol. The minimum atomic E-state index is -1.64. The number of hydrogen-bond acceptors (Lipinski definition) is 20. The SMILES string of the molecule is CC(C)(C)OC(=O)CCC12CC3(CNC(=O)c4c(OCc5ccccc5)c(=O)ccn4CC(O)C(O)CO)C[C@](CCC(=O)c4c(OCc5ccccc5)c(=O)ccn4CC(O)C(O)CO)(C1)C[C@](CCC(=O)c1c(OCc4ccccc4)c(=O)ccn1CC(O)C(O)CO)(C2)C3. The fourth-order valence-corrected chi connectivity index (χ4v) is 15.5. The van der Waals surface area contributed by atoms with Crippen molar-refractivity contribution in [2.45, 2.75) is 180 Å². The molecule has 3 aromatic heterocycles. The largest absolute Gasteiger partial charge is 0.483 e. The highest BCUT2D eigenvalue weighted by molar-refractivity contribution is 5.98. The molecule has 1 amide bonds. The summed E-state index contributed by atoms with van der Waals surface area (Å²) in [6, 6.07) is 30.2. The highest BCUT2D eigenvalue weighted by atomic mass is 16.6. The summed E-state index contributed by atoms with van der Waals surface area (Å²) in [7, 11) is 0. The summed E-state index contributed by atoms with van der Waals surface area (Å²) in [6.45, 7) is 0.975. The van der Waals surface area contributed by atoms with E-state index < -0.39 is 143 Å². The van der Waals surface area contributed by atoms with Gasteiger partial charge in [0.05, 0.1) is 57.8 Å². The summed E-state index contributed by atoms with van der Waals surface area (Å²) in [6.07, 6.45) is -3.54. The first-order valence-corrected chi connectivity index (χ1v) is 32.9. The Balaban J connectivity index is 1.15. The number of aliphatic hydroxyl groups is 9. The fourth-order valence-electron chi connectivity index (χ4n) is 15.5. The van der Waals surface area contributed by atoms with E-state index in [0.29, 0.717) is 55.2 Å². The van der Waals surface area contributed by atoms with Crippen molar-refractivity contribution in [1.29, 1.82) is 0 Å². The minimum Gasteiger partial charge on any atom is -0.483 e. The number of hydrogen-bond donors (Lipinski definition) is 10. The lowest BCUT2D eigenvalue weighted by Crippen LogP contribution is -2.63. The molecule has 4 bridgehead atoms. The first-order chi connectivity index (χ1) is 46.2. The Hall–Kier alpha value is -8.17. The van der Waals surface area contributed by atoms with Gasteiger partial charge in [0.1, 0.15) is 55.1 Å². The molecule has 3 aromatic carbocycles. The number of nitrogens with one attached hydrogen (secondary N) is 1. The van der Waals surface area contributed by atoms with Crippen LogP contribution in [0.3, 0.4) is 0 Å². The van der Waals surface area contributed by atoms with Crippen LogP contribution >= 0.6 is 0 Å². The molecule has 6 aromatic rings. The van der Waals surface area contributed by atoms with Gasteiger partial charge in [-0.3, -0.25) is 33.6 Å². The second-order valence-electron chi connectivity index (χ2n) is 28.0. The molecule has 4 saturated carbocycles. The zero-order valence-electron chi connectivity index (χ0n) is 55.0. The van der Waals surface area contributed by atoms with Gasteiger partial charge in [0, 0.05) is 62.6 Å². The summed E-state index contributed by atoms with van der Waals surface area (Å²) < 4.78 is 28.4. The molecule has 0 spiro atoms. The number of rotatable bonds is 35. The number of esters is 1. The smallest absolute Gasteiger partial charge is 0.306 e. The van der Waals surface area contributed by atoms with E-state index in [1.165, 1.54) is 44.4 Å². The lowest BCUT2D eigenvalue weighted by atomic mass is 9.33. The molecular formula is C73H90N4O20. The lowest BCUT2D eigenvalue weighted by Gasteiger charge is -2.71. The van der Waals surface area contributed by atoms with Gasteiger partial charge in [-0.1, -0.05) is 91.0 Å². The average molecular weight is 1340 g/mol. The third-order valence-electron chi connectivity index (χ3n) is 19.0. The standard InChI is InChI=1S/C73H90N4O20/c1-69(2,3)97-61(92)21-27-72-41-70(25-19-50(81)62-65(94-37-47-13-7-4-8-14-47)52(83)22-28-75(62)31-55(86)58(89)34-78)40-71(42-72,26-20-51(82)63-66(95-38-48-15-9-5-10-16-48)53(84)23-29-76(63)32-56(87)59(90)35-79)44-73(43-70,45-72)46-74-68(93)64-67(96-39-49-17-11-6-12-18-49)54(85)24-30-77(64)33-57(88)60(91)36-80/h4-18,22-24,28-30,55-60,78-80,86-91H,19-21,25-27,31-46H2,1-3H3,(H,74,93)/t55?,56?,57?,58?,59?,60?,70-,71+,72?,73?. The molecule has 10 N–H and O–H groups in total. The van der Waals surface area contributed by atoms with Crippen LogP contribution in [0.1, 0.15) is 146 Å². The number of carbonyl (C=O) groups excluding carboxylic acids is 4. The molecule has 97 heavy (non-hydrogen) atoms. The second-order valence-corrected chi connectivity index (χ2v) is 28.0. The molecule has 522 valence electrons. The Morgan fingerprint density at radius 3 is 1.08 bits per heavy atom. The molecule has 0 radical (unpaired) electrons. The maximum atomic E-state index is 15.5. The van der Waals surface area contributed by atoms with E-state index in [1.54, 1.807) is 112 Å². The van der Waals surface area contributed by atoms with Crippen molar-refractivity contribution in [1.82, 2.24) is 19.0 Å². The first kappa shape index (κ1) is 73.1. The molecule has 4 fully saturated rings. The van der Waals surface area contributed by atoms with E-state index in [4.69, 9.17) is 18.9 Å². The average Bonchev–Trinajstić information content (AvgIpc) is 0.686. The van der Waals surface area contributed by atoms with Crippen LogP contribution in [0.25, 0.3) is 0 Å². The van der Waals surface area contributed by atoms with Crippen molar-refractivity contribution >= 4 is 23.4 Å². The Labute approximate surface area is 561 Å². The molecular weight excluding hydrogens is 1250 g/mol. The number of aliphatic hydroxyl groups excluding tert-OH is 9. The predicted octanol–water partition coefficient (Wildman–Crippen LogP) is 4.56. The fraction of sp³-hybridized carbons (Fsp3) is 0.493. The molecule has 8 unspecified atom stereocenters. The van der Waals surface area contributed by atoms with Crippen molar-refractivity contribution in [3.63, 3.8) is 0 Å². The molecule has 10 rings (SSSR count). The lowest BCUT2D eigenvalue weighted by molar-refractivity contribution is -0.208. The minimum absolute atomic E-state index is 0.0506. The number of ketones is 2. The number of benzene rings is 3. The van der Waals surface area contributed by atoms with E-state index in [2.05, 4.69) is 5.32 Å². The van der Waals surface area contributed by atoms with E-state index in [-0.39, 0.29) is 99.2 Å². The second kappa shape index (κ2) is 31.6. The summed E-state index contributed by atoms with van der Waals surface area (Å²) in [5.41, 5.74) is -4.97. The third kappa shape index (κ3) is 18.1. The van der Waals surface area contributed by atoms with Crippen LogP contribution < -0.4 is 35.8 Å². The van der Waals surface area contributed by atoms with E-state index in [9.17, 15) is 65.1 Å². The van der Waals surface area contributed by atoms with Crippen LogP contribution in [0.5, 0.6) is 17.2 Å². The van der Waals surface area contributed by atoms with Gasteiger partial charge in [-0.25, -0.2) is 0 Å². The van der Waals surface area contributed by atoms with Gasteiger partial charge in [0.15, 0.2) is 34.5 Å². The molecule has 3 heterocycles. The molecule has 0 saturated heterocycles. The Morgan fingerprint density at radius 1 is 0.443 bits per heavy atom. The van der Waals surface area contributed by atoms with Gasteiger partial charge in [0.2, 0.25) is 16.3 Å². The maximum absolute atomic E-state index is 15.5. The van der Waals surface area contributed by atoms with Crippen LogP contribution in [-0.4, -0.2) is 152 Å². The van der Waals surface area contributed by atoms with E-state index in [0.717, 1.165) is 6.07 Å². The number of carbonyl (C=O) groups is 4. The van der Waals surface area contributed by atoms with Gasteiger partial charge in [-0.2, -0.15) is 0 Å². The van der Waals surface area contributed by atoms with Crippen molar-refractivity contribution in [2.75, 3.05) is 26.4 Å². The van der Waals surface area contributed by atoms with Crippen LogP contribution in [0.15, 0.2) is 142 Å². The number of pyridine rings is 3. The van der Waals surface area contributed by atoms with Gasteiger partial charge in [-0.05, 0) is 117 Å². The van der Waals surface area contributed by atoms with Crippen LogP contribution in [0.4, 0.5) is 0 Å². The topological polar surface area (TPSA) is 365 Å². The summed E-state index contributed by atoms with van der Waals surface area (Å²) in [4.78, 5) is 102. The Morgan fingerprint density at radius 2 is 0.753 bits per heavy atom. The highest BCUT2D eigenvalue weighted by Gasteiger charge is 2.67. The van der Waals surface area contributed by atoms with Crippen molar-refractivity contribution in [3.05, 3.63) is 192 Å². The van der Waals surface area contributed by atoms with Gasteiger partial charge < -0.3 is 83.9 Å². The summed E-state index contributed by atoms with van der Waals surface area (Å²) in [5, 5.41) is 97.6. The first-order valence-electron chi connectivity index (χ1n) is 32.9. The van der Waals surface area contributed by atoms with Crippen molar-refractivity contribution in [2.24, 2.45) is 21.7 Å². The quantitative estimate of drug-likeness (QED) is 0.0193. The highest BCUT2D eigenvalue weighted by Crippen LogP contribution is 2.76. The molecule has 0 aliphatic heterocycles. The zero-order chi connectivity index (χ0) is 69.9. The predicted molar refractivity (Wildman–Crippen MR) is 354 cm³/mol. The maximum Gasteiger partial charge on any atom is 0.306 e. The summed E-state index contributed by atoms with van der Waals surface area (Å²) >= 11 is 0. The normalized spacial score (nSPS) is 21.4. The van der Waals surface area contributed by atoms with E-state index in [1.807, 2.05) is 0 Å². The zero-order valence-corrected chi connectivity index (χ0v) is 55.0. The number of nitrogens with zero attached hydrogens (tertiary/aromatic N) is 3. The van der Waals surface area contributed by atoms with Crippen LogP contribution in [0.2, 0.25) is 0 Å². The Kier molecular flexibility index (Phi) is 23.8. The van der Waals surface area contributed by atoms with Crippen molar-refractivity contribution in [3.8, 4) is 17.2 Å². The number of Topliss-reactive ketones (excluding diaryl/α,β-unsaturated/α-hetero) is 2. The van der Waals surface area contributed by atoms with E-state index >= 15 is 14.4 Å². The number of amides is 1. The third-order valence-corrected chi connectivity index (χ3v) is 19.0. The molecule has 10 atom stereocenters. The molecule has 4 aliphatic rings. The van der Waals surface area contributed by atoms with Crippen molar-refractivity contribution < 1.29 is 84.1 Å². The molecule has 4 aliphatic carbocycles. The molecule has 24 heteroatoms. The summed E-state index contributed by atoms with van der Waals surface area (Å²) in [5.74, 6) is -3.43. The van der Waals surface area contributed by atoms with Crippen LogP contribution in [-0.2, 0) is 49.0 Å². The number of aromatic nitrogens is 3. The molecule has 24 nitrogen and oxygen atoms in total. The van der Waals surface area contributed by atoms with Crippen LogP contribution in [0, 0.1) is 21.7 Å².